The van der Waals surface area contributed by atoms with Gasteiger partial charge in [0.2, 0.25) is 11.6 Å². The molecule has 0 spiro atoms. The maximum Gasteiger partial charge on any atom is 0.251 e. The van der Waals surface area contributed by atoms with Crippen molar-refractivity contribution in [2.24, 2.45) is 0 Å². The Morgan fingerprint density at radius 3 is 1.00 bits per heavy atom. The van der Waals surface area contributed by atoms with E-state index in [2.05, 4.69) is 112 Å². The summed E-state index contributed by atoms with van der Waals surface area (Å²) in [6, 6.07) is 24.1. The van der Waals surface area contributed by atoms with Crippen molar-refractivity contribution in [2.45, 2.75) is 207 Å². The molecule has 5 nitrogen and oxygen atoms in total. The highest BCUT2D eigenvalue weighted by Crippen LogP contribution is 2.21. The zero-order valence-corrected chi connectivity index (χ0v) is 36.0. The highest BCUT2D eigenvalue weighted by molar-refractivity contribution is 5.75. The van der Waals surface area contributed by atoms with Crippen molar-refractivity contribution in [3.8, 4) is 11.6 Å². The van der Waals surface area contributed by atoms with Gasteiger partial charge in [-0.3, -0.25) is 0 Å². The van der Waals surface area contributed by atoms with Gasteiger partial charge in [0.25, 0.3) is 12.7 Å². The number of hydrogen-bond acceptors (Lipinski definition) is 1. The molecule has 0 atom stereocenters. The number of pyridine rings is 1. The van der Waals surface area contributed by atoms with E-state index in [4.69, 9.17) is 4.98 Å². The molecule has 2 aromatic carbocycles. The van der Waals surface area contributed by atoms with Crippen molar-refractivity contribution in [3.05, 3.63) is 79.4 Å². The van der Waals surface area contributed by atoms with E-state index in [0.29, 0.717) is 0 Å². The van der Waals surface area contributed by atoms with Crippen molar-refractivity contribution in [2.75, 3.05) is 0 Å². The van der Waals surface area contributed by atoms with Crippen LogP contribution in [0.15, 0.2) is 79.4 Å². The number of aryl methyl sites for hydroxylation is 2. The van der Waals surface area contributed by atoms with Crippen molar-refractivity contribution in [3.63, 3.8) is 0 Å². The lowest BCUT2D eigenvalue weighted by atomic mass is 10.0. The Morgan fingerprint density at radius 1 is 0.357 bits per heavy atom. The van der Waals surface area contributed by atoms with Crippen LogP contribution in [-0.2, 0) is 13.1 Å². The highest BCUT2D eigenvalue weighted by Gasteiger charge is 2.21. The van der Waals surface area contributed by atoms with Crippen LogP contribution >= 0.6 is 0 Å². The van der Waals surface area contributed by atoms with Crippen LogP contribution in [0, 0.1) is 0 Å². The van der Waals surface area contributed by atoms with Gasteiger partial charge in [-0.25, -0.2) is 9.13 Å². The Bertz CT molecular complexity index is 1640. The molecule has 3 heterocycles. The van der Waals surface area contributed by atoms with Crippen LogP contribution in [0.5, 0.6) is 0 Å². The van der Waals surface area contributed by atoms with E-state index < -0.39 is 0 Å². The fourth-order valence-electron chi connectivity index (χ4n) is 8.70. The fourth-order valence-corrected chi connectivity index (χ4v) is 8.70. The molecule has 0 aliphatic carbocycles. The Hall–Kier alpha value is -3.47. The Balaban J connectivity index is 1.08. The number of aromatic nitrogens is 5. The third-order valence-electron chi connectivity index (χ3n) is 12.1. The molecule has 0 aliphatic heterocycles. The molecule has 0 N–H and O–H groups in total. The van der Waals surface area contributed by atoms with Crippen LogP contribution in [0.4, 0.5) is 0 Å². The number of unbranched alkanes of at least 4 members (excludes halogenated alkanes) is 26. The molecule has 56 heavy (non-hydrogen) atoms. The predicted molar refractivity (Wildman–Crippen MR) is 239 cm³/mol. The average Bonchev–Trinajstić information content (AvgIpc) is 3.80. The SMILES string of the molecule is CCCCCCCCCCCCCCCC[n+]1cn(-c2cccc(-n3c[n+](CCCCCCCCCCCCCCCC)c4ccccc43)n2)c2ccccc21. The second-order valence-corrected chi connectivity index (χ2v) is 16.9. The molecule has 0 unspecified atom stereocenters. The molecule has 5 aromatic rings. The highest BCUT2D eigenvalue weighted by atomic mass is 15.2. The van der Waals surface area contributed by atoms with Crippen LogP contribution in [0.3, 0.4) is 0 Å². The molecule has 0 aliphatic rings. The summed E-state index contributed by atoms with van der Waals surface area (Å²) in [5.74, 6) is 1.93. The molecule has 5 heteroatoms. The summed E-state index contributed by atoms with van der Waals surface area (Å²) in [5.41, 5.74) is 5.00. The largest absolute Gasteiger partial charge is 0.251 e. The minimum absolute atomic E-state index is 0.967. The van der Waals surface area contributed by atoms with Gasteiger partial charge in [-0.05, 0) is 49.9 Å². The van der Waals surface area contributed by atoms with Crippen LogP contribution < -0.4 is 9.13 Å². The lowest BCUT2D eigenvalue weighted by Crippen LogP contribution is -2.32. The quantitative estimate of drug-likeness (QED) is 0.0317. The maximum atomic E-state index is 5.29. The average molecular weight is 762 g/mol. The second-order valence-electron chi connectivity index (χ2n) is 16.9. The lowest BCUT2D eigenvalue weighted by molar-refractivity contribution is -0.672. The van der Waals surface area contributed by atoms with Crippen molar-refractivity contribution < 1.29 is 9.13 Å². The summed E-state index contributed by atoms with van der Waals surface area (Å²) < 4.78 is 9.47. The van der Waals surface area contributed by atoms with Crippen molar-refractivity contribution >= 4 is 22.1 Å². The molecule has 0 amide bonds. The van der Waals surface area contributed by atoms with Crippen LogP contribution in [0.2, 0.25) is 0 Å². The molecular weight excluding hydrogens is 683 g/mol. The molecule has 0 bridgehead atoms. The first-order chi connectivity index (χ1) is 27.8. The van der Waals surface area contributed by atoms with Crippen LogP contribution in [0.1, 0.15) is 194 Å². The molecule has 0 saturated heterocycles. The second kappa shape index (κ2) is 26.4. The molecule has 306 valence electrons. The number of imidazole rings is 2. The third-order valence-corrected chi connectivity index (χ3v) is 12.1. The summed E-state index contributed by atoms with van der Waals surface area (Å²) in [6.45, 7) is 6.70. The normalized spacial score (nSPS) is 11.8. The van der Waals surface area contributed by atoms with E-state index in [1.807, 2.05) is 0 Å². The molecule has 5 rings (SSSR count). The molecule has 0 radical (unpaired) electrons. The van der Waals surface area contributed by atoms with Gasteiger partial charge in [0, 0.05) is 12.1 Å². The minimum atomic E-state index is 0.967. The summed E-state index contributed by atoms with van der Waals surface area (Å²) in [5, 5.41) is 0. The van der Waals surface area contributed by atoms with Crippen molar-refractivity contribution in [1.29, 1.82) is 0 Å². The Morgan fingerprint density at radius 2 is 0.661 bits per heavy atom. The minimum Gasteiger partial charge on any atom is -0.229 e. The first kappa shape index (κ1) is 43.6. The predicted octanol–water partition coefficient (Wildman–Crippen LogP) is 14.5. The summed E-state index contributed by atoms with van der Waals surface area (Å²) in [6.07, 6.45) is 43.5. The summed E-state index contributed by atoms with van der Waals surface area (Å²) >= 11 is 0. The van der Waals surface area contributed by atoms with E-state index >= 15 is 0 Å². The third kappa shape index (κ3) is 14.5. The summed E-state index contributed by atoms with van der Waals surface area (Å²) in [4.78, 5) is 5.29. The zero-order chi connectivity index (χ0) is 38.9. The lowest BCUT2D eigenvalue weighted by Gasteiger charge is -2.03. The zero-order valence-electron chi connectivity index (χ0n) is 36.0. The van der Waals surface area contributed by atoms with Gasteiger partial charge in [-0.2, -0.15) is 14.1 Å². The first-order valence-electron chi connectivity index (χ1n) is 23.8. The Kier molecular flexibility index (Phi) is 20.6. The van der Waals surface area contributed by atoms with E-state index in [1.54, 1.807) is 0 Å². The van der Waals surface area contributed by atoms with Gasteiger partial charge in [0.05, 0.1) is 13.1 Å². The smallest absolute Gasteiger partial charge is 0.229 e. The molecular formula is C51H79N5+2. The standard InChI is InChI=1S/C51H79N5/c1-3-5-7-9-11-13-15-17-19-21-23-25-27-33-42-53-44-55(48-38-31-29-36-46(48)53)50-40-35-41-51(52-50)56-45-54(47-37-30-32-39-49(47)56)43-34-28-26-24-22-20-18-16-14-12-10-8-6-4-2/h29-32,35-41,44-45H,3-28,33-34,42-43H2,1-2H3/q+2. The van der Waals surface area contributed by atoms with Crippen LogP contribution in [0.25, 0.3) is 33.7 Å². The van der Waals surface area contributed by atoms with Crippen molar-refractivity contribution in [1.82, 2.24) is 14.1 Å². The van der Waals surface area contributed by atoms with Crippen LogP contribution in [-0.4, -0.2) is 14.1 Å². The Labute approximate surface area is 342 Å². The van der Waals surface area contributed by atoms with E-state index in [1.165, 1.54) is 202 Å². The maximum absolute atomic E-state index is 5.29. The van der Waals surface area contributed by atoms with Gasteiger partial charge in [-0.15, -0.1) is 0 Å². The number of benzene rings is 2. The summed E-state index contributed by atoms with van der Waals surface area (Å²) in [7, 11) is 0. The molecule has 3 aromatic heterocycles. The van der Waals surface area contributed by atoms with Gasteiger partial charge in [0.1, 0.15) is 0 Å². The van der Waals surface area contributed by atoms with Gasteiger partial charge in [0.15, 0.2) is 22.1 Å². The topological polar surface area (TPSA) is 30.5 Å². The molecule has 0 fully saturated rings. The van der Waals surface area contributed by atoms with Gasteiger partial charge in [-0.1, -0.05) is 198 Å². The van der Waals surface area contributed by atoms with E-state index in [-0.39, 0.29) is 0 Å². The first-order valence-corrected chi connectivity index (χ1v) is 23.8. The number of nitrogens with zero attached hydrogens (tertiary/aromatic N) is 5. The van der Waals surface area contributed by atoms with E-state index in [0.717, 1.165) is 24.7 Å². The fraction of sp³-hybridized carbons (Fsp3) is 0.627. The number of fused-ring (bicyclic) bond motifs is 2. The monoisotopic (exact) mass is 762 g/mol. The molecule has 0 saturated carbocycles. The number of hydrogen-bond donors (Lipinski definition) is 0. The number of rotatable bonds is 32. The van der Waals surface area contributed by atoms with E-state index in [9.17, 15) is 0 Å². The number of para-hydroxylation sites is 4. The van der Waals surface area contributed by atoms with Gasteiger partial charge >= 0.3 is 0 Å². The van der Waals surface area contributed by atoms with Gasteiger partial charge < -0.3 is 0 Å².